The summed E-state index contributed by atoms with van der Waals surface area (Å²) in [6.45, 7) is 1.44. The standard InChI is InChI=1S/C20H39N11O7/c1-9(32)14(31-15(34)10(21)8-13(22)33)17(36)29-11(4-2-6-27-19(23)24)16(35)30-12(18(37)38)5-3-7-28-20(25)26/h9-12,14,32H,2-8,21H2,1H3,(H2,22,33)(H,29,36)(H,30,35)(H,31,34)(H,37,38)(H4,23,24,27)(H4,25,26,28). The quantitative estimate of drug-likeness (QED) is 0.0435. The molecule has 0 saturated carbocycles. The van der Waals surface area contributed by atoms with Crippen LogP contribution in [-0.4, -0.2) is 95.1 Å². The summed E-state index contributed by atoms with van der Waals surface area (Å²) in [5.41, 5.74) is 31.6. The minimum Gasteiger partial charge on any atom is -0.480 e. The van der Waals surface area contributed by atoms with Gasteiger partial charge in [0, 0.05) is 13.1 Å². The number of carboxylic acids is 1. The number of aliphatic hydroxyl groups excluding tert-OH is 1. The molecule has 0 radical (unpaired) electrons. The molecule has 0 aliphatic rings. The molecule has 0 bridgehead atoms. The van der Waals surface area contributed by atoms with Crippen LogP contribution in [0.1, 0.15) is 39.0 Å². The molecule has 5 unspecified atom stereocenters. The topological polar surface area (TPSA) is 343 Å². The van der Waals surface area contributed by atoms with Gasteiger partial charge in [-0.2, -0.15) is 0 Å². The molecule has 0 rings (SSSR count). The molecule has 0 aliphatic heterocycles. The summed E-state index contributed by atoms with van der Waals surface area (Å²) >= 11 is 0. The SMILES string of the molecule is CC(O)C(NC(=O)C(N)CC(N)=O)C(=O)NC(CCCN=C(N)N)C(=O)NC(CCCN=C(N)N)C(=O)O. The third-order valence-electron chi connectivity index (χ3n) is 4.96. The number of carbonyl (C=O) groups excluding carboxylic acids is 4. The molecule has 38 heavy (non-hydrogen) atoms. The molecule has 0 saturated heterocycles. The van der Waals surface area contributed by atoms with Gasteiger partial charge in [-0.3, -0.25) is 29.2 Å². The first-order valence-electron chi connectivity index (χ1n) is 11.6. The molecule has 0 spiro atoms. The van der Waals surface area contributed by atoms with Gasteiger partial charge in [-0.1, -0.05) is 0 Å². The highest BCUT2D eigenvalue weighted by atomic mass is 16.4. The number of rotatable bonds is 18. The molecule has 18 heteroatoms. The lowest BCUT2D eigenvalue weighted by atomic mass is 10.1. The lowest BCUT2D eigenvalue weighted by molar-refractivity contribution is -0.142. The number of aliphatic imine (C=N–C) groups is 2. The van der Waals surface area contributed by atoms with Crippen molar-refractivity contribution in [3.63, 3.8) is 0 Å². The van der Waals surface area contributed by atoms with E-state index in [1.165, 1.54) is 6.92 Å². The largest absolute Gasteiger partial charge is 0.480 e. The lowest BCUT2D eigenvalue weighted by Crippen LogP contribution is -2.60. The van der Waals surface area contributed by atoms with Crippen molar-refractivity contribution in [2.24, 2.45) is 44.4 Å². The monoisotopic (exact) mass is 545 g/mol. The van der Waals surface area contributed by atoms with E-state index in [4.69, 9.17) is 34.4 Å². The van der Waals surface area contributed by atoms with Crippen molar-refractivity contribution in [2.45, 2.75) is 69.3 Å². The molecule has 4 amide bonds. The zero-order valence-corrected chi connectivity index (χ0v) is 21.1. The first-order chi connectivity index (χ1) is 17.6. The van der Waals surface area contributed by atoms with Gasteiger partial charge < -0.3 is 60.6 Å². The number of carboxylic acid groups (broad SMARTS) is 1. The van der Waals surface area contributed by atoms with E-state index in [2.05, 4.69) is 25.9 Å². The molecule has 0 aromatic heterocycles. The maximum atomic E-state index is 12.9. The minimum absolute atomic E-state index is 0.0172. The number of nitrogens with zero attached hydrogens (tertiary/aromatic N) is 2. The molecule has 0 aliphatic carbocycles. The number of amides is 4. The molecule has 0 heterocycles. The van der Waals surface area contributed by atoms with Gasteiger partial charge in [0.2, 0.25) is 23.6 Å². The van der Waals surface area contributed by atoms with E-state index in [1.807, 2.05) is 0 Å². The Bertz CT molecular complexity index is 887. The van der Waals surface area contributed by atoms with E-state index in [1.54, 1.807) is 0 Å². The molecule has 17 N–H and O–H groups in total. The van der Waals surface area contributed by atoms with Gasteiger partial charge in [0.25, 0.3) is 0 Å². The summed E-state index contributed by atoms with van der Waals surface area (Å²) in [6, 6.07) is -5.57. The van der Waals surface area contributed by atoms with Crippen molar-refractivity contribution in [3.05, 3.63) is 0 Å². The van der Waals surface area contributed by atoms with Gasteiger partial charge in [-0.25, -0.2) is 4.79 Å². The molecular weight excluding hydrogens is 506 g/mol. The van der Waals surface area contributed by atoms with Crippen molar-refractivity contribution in [2.75, 3.05) is 13.1 Å². The smallest absolute Gasteiger partial charge is 0.326 e. The molecular formula is C20H39N11O7. The lowest BCUT2D eigenvalue weighted by Gasteiger charge is -2.26. The van der Waals surface area contributed by atoms with Gasteiger partial charge >= 0.3 is 5.97 Å². The van der Waals surface area contributed by atoms with E-state index in [0.29, 0.717) is 0 Å². The van der Waals surface area contributed by atoms with Crippen LogP contribution in [0, 0.1) is 0 Å². The average Bonchev–Trinajstić information content (AvgIpc) is 2.79. The van der Waals surface area contributed by atoms with Crippen LogP contribution in [0.15, 0.2) is 9.98 Å². The van der Waals surface area contributed by atoms with E-state index < -0.39 is 66.3 Å². The summed E-state index contributed by atoms with van der Waals surface area (Å²) in [5, 5.41) is 26.4. The summed E-state index contributed by atoms with van der Waals surface area (Å²) in [7, 11) is 0. The second-order valence-corrected chi connectivity index (χ2v) is 8.36. The van der Waals surface area contributed by atoms with Crippen LogP contribution >= 0.6 is 0 Å². The maximum absolute atomic E-state index is 12.9. The summed E-state index contributed by atoms with van der Waals surface area (Å²) in [4.78, 5) is 68.3. The number of nitrogens with two attached hydrogens (primary N) is 6. The number of aliphatic carboxylic acids is 1. The van der Waals surface area contributed by atoms with Crippen molar-refractivity contribution >= 4 is 41.5 Å². The summed E-state index contributed by atoms with van der Waals surface area (Å²) in [5.74, 6) is -5.30. The van der Waals surface area contributed by atoms with Crippen LogP contribution in [0.25, 0.3) is 0 Å². The van der Waals surface area contributed by atoms with Crippen LogP contribution in [0.4, 0.5) is 0 Å². The summed E-state index contributed by atoms with van der Waals surface area (Å²) < 4.78 is 0. The van der Waals surface area contributed by atoms with Crippen molar-refractivity contribution in [1.29, 1.82) is 0 Å². The highest BCUT2D eigenvalue weighted by Gasteiger charge is 2.32. The van der Waals surface area contributed by atoms with E-state index >= 15 is 0 Å². The van der Waals surface area contributed by atoms with Gasteiger partial charge in [0.05, 0.1) is 18.6 Å². The Morgan fingerprint density at radius 2 is 1.24 bits per heavy atom. The van der Waals surface area contributed by atoms with Gasteiger partial charge in [0.1, 0.15) is 18.1 Å². The Morgan fingerprint density at radius 1 is 0.763 bits per heavy atom. The number of primary amides is 1. The van der Waals surface area contributed by atoms with Crippen LogP contribution in [-0.2, 0) is 24.0 Å². The summed E-state index contributed by atoms with van der Waals surface area (Å²) in [6.07, 6.45) is -1.55. The predicted molar refractivity (Wildman–Crippen MR) is 137 cm³/mol. The number of carbonyl (C=O) groups is 5. The van der Waals surface area contributed by atoms with Gasteiger partial charge in [-0.05, 0) is 32.6 Å². The highest BCUT2D eigenvalue weighted by Crippen LogP contribution is 2.05. The maximum Gasteiger partial charge on any atom is 0.326 e. The van der Waals surface area contributed by atoms with E-state index in [-0.39, 0.29) is 50.7 Å². The number of aliphatic hydroxyl groups is 1. The normalized spacial score (nSPS) is 14.5. The zero-order chi connectivity index (χ0) is 29.4. The number of hydrogen-bond acceptors (Lipinski definition) is 9. The predicted octanol–water partition coefficient (Wildman–Crippen LogP) is -5.78. The fourth-order valence-electron chi connectivity index (χ4n) is 3.04. The van der Waals surface area contributed by atoms with Crippen LogP contribution in [0.5, 0.6) is 0 Å². The van der Waals surface area contributed by atoms with Crippen LogP contribution < -0.4 is 50.4 Å². The van der Waals surface area contributed by atoms with E-state index in [9.17, 15) is 34.2 Å². The van der Waals surface area contributed by atoms with E-state index in [0.717, 1.165) is 0 Å². The van der Waals surface area contributed by atoms with Gasteiger partial charge in [-0.15, -0.1) is 0 Å². The molecule has 18 nitrogen and oxygen atoms in total. The number of nitrogens with one attached hydrogen (secondary N) is 3. The number of guanidine groups is 2. The fraction of sp³-hybridized carbons (Fsp3) is 0.650. The Morgan fingerprint density at radius 3 is 1.66 bits per heavy atom. The van der Waals surface area contributed by atoms with Crippen molar-refractivity contribution in [3.8, 4) is 0 Å². The molecule has 216 valence electrons. The third kappa shape index (κ3) is 14.4. The second kappa shape index (κ2) is 17.3. The Hall–Kier alpha value is -4.19. The molecule has 5 atom stereocenters. The Labute approximate surface area is 219 Å². The second-order valence-electron chi connectivity index (χ2n) is 8.36. The van der Waals surface area contributed by atoms with Crippen molar-refractivity contribution in [1.82, 2.24) is 16.0 Å². The first kappa shape index (κ1) is 33.8. The average molecular weight is 546 g/mol. The van der Waals surface area contributed by atoms with Crippen molar-refractivity contribution < 1.29 is 34.2 Å². The molecule has 0 fully saturated rings. The van der Waals surface area contributed by atoms with Crippen LogP contribution in [0.3, 0.4) is 0 Å². The number of hydrogen-bond donors (Lipinski definition) is 11. The third-order valence-corrected chi connectivity index (χ3v) is 4.96. The minimum atomic E-state index is -1.57. The zero-order valence-electron chi connectivity index (χ0n) is 21.1. The first-order valence-corrected chi connectivity index (χ1v) is 11.6. The highest BCUT2D eigenvalue weighted by molar-refractivity contribution is 5.95. The molecule has 0 aromatic carbocycles. The van der Waals surface area contributed by atoms with Gasteiger partial charge in [0.15, 0.2) is 11.9 Å². The van der Waals surface area contributed by atoms with Crippen LogP contribution in [0.2, 0.25) is 0 Å². The fourth-order valence-corrected chi connectivity index (χ4v) is 3.04. The Kier molecular flexibility index (Phi) is 15.4. The Balaban J connectivity index is 5.58. The molecule has 0 aromatic rings.